The summed E-state index contributed by atoms with van der Waals surface area (Å²) < 4.78 is 4.93. The van der Waals surface area contributed by atoms with E-state index in [0.717, 1.165) is 30.6 Å². The van der Waals surface area contributed by atoms with E-state index in [1.807, 2.05) is 12.1 Å². The Morgan fingerprint density at radius 3 is 2.85 bits per heavy atom. The lowest BCUT2D eigenvalue weighted by molar-refractivity contribution is -0.114. The third kappa shape index (κ3) is 6.27. The second-order valence-electron chi connectivity index (χ2n) is 5.79. The van der Waals surface area contributed by atoms with Gasteiger partial charge in [0.15, 0.2) is 0 Å². The Labute approximate surface area is 157 Å². The number of ether oxygens (including phenoxy) is 1. The highest BCUT2D eigenvalue weighted by Gasteiger charge is 2.08. The minimum Gasteiger partial charge on any atom is -0.391 e. The topological polar surface area (TPSA) is 123 Å². The summed E-state index contributed by atoms with van der Waals surface area (Å²) in [5.74, 6) is 0.133. The number of halogens is 1. The number of nitrogens with two attached hydrogens (primary N) is 2. The van der Waals surface area contributed by atoms with E-state index in [2.05, 4.69) is 10.3 Å². The molecule has 1 aromatic carbocycles. The molecule has 140 valence electrons. The highest BCUT2D eigenvalue weighted by molar-refractivity contribution is 6.33. The van der Waals surface area contributed by atoms with Crippen LogP contribution in [0.4, 0.5) is 11.5 Å². The maximum atomic E-state index is 11.3. The average Bonchev–Trinajstić information content (AvgIpc) is 2.65. The summed E-state index contributed by atoms with van der Waals surface area (Å²) in [5, 5.41) is 12.0. The molecule has 7 nitrogen and oxygen atoms in total. The lowest BCUT2D eigenvalue weighted by Gasteiger charge is -2.15. The van der Waals surface area contributed by atoms with Crippen molar-refractivity contribution >= 4 is 29.0 Å². The standard InChI is InChI=1S/C13H13ClN4O.C5H10O2/c14-11-7-17-12(16)5-10(11)8-2-1-3-9(4-8)18-13(19)6-15;6-5-2-1-3-7-4-5/h1-5,7H,6,15H2,(H2,16,17)(H,18,19);5-6H,1-4H2. The number of carbonyl (C=O) groups excluding carboxylic acids is 1. The predicted octanol–water partition coefficient (Wildman–Crippen LogP) is 2.04. The van der Waals surface area contributed by atoms with Crippen LogP contribution in [0.2, 0.25) is 5.02 Å². The molecule has 0 spiro atoms. The lowest BCUT2D eigenvalue weighted by Crippen LogP contribution is -2.21. The van der Waals surface area contributed by atoms with Gasteiger partial charge in [0, 0.05) is 24.1 Å². The number of aliphatic hydroxyl groups is 1. The molecule has 0 bridgehead atoms. The first kappa shape index (κ1) is 20.1. The molecule has 0 saturated carbocycles. The number of hydrogen-bond donors (Lipinski definition) is 4. The second-order valence-corrected chi connectivity index (χ2v) is 6.20. The van der Waals surface area contributed by atoms with E-state index in [-0.39, 0.29) is 18.6 Å². The van der Waals surface area contributed by atoms with Crippen LogP contribution in [-0.4, -0.2) is 41.9 Å². The molecule has 6 N–H and O–H groups in total. The van der Waals surface area contributed by atoms with E-state index in [4.69, 9.17) is 32.9 Å². The Kier molecular flexibility index (Phi) is 7.80. The molecule has 1 aromatic heterocycles. The Morgan fingerprint density at radius 1 is 1.42 bits per heavy atom. The quantitative estimate of drug-likeness (QED) is 0.648. The summed E-state index contributed by atoms with van der Waals surface area (Å²) in [6.45, 7) is 1.31. The van der Waals surface area contributed by atoms with Crippen molar-refractivity contribution in [3.8, 4) is 11.1 Å². The van der Waals surface area contributed by atoms with Crippen LogP contribution in [0.15, 0.2) is 36.5 Å². The molecular weight excluding hydrogens is 356 g/mol. The third-order valence-electron chi connectivity index (χ3n) is 3.66. The van der Waals surface area contributed by atoms with E-state index in [0.29, 0.717) is 23.1 Å². The van der Waals surface area contributed by atoms with Gasteiger partial charge in [0.05, 0.1) is 24.3 Å². The van der Waals surface area contributed by atoms with Gasteiger partial charge in [-0.1, -0.05) is 23.7 Å². The average molecular weight is 379 g/mol. The minimum atomic E-state index is -0.252. The number of nitrogens with one attached hydrogen (secondary N) is 1. The number of rotatable bonds is 3. The molecule has 1 fully saturated rings. The molecule has 2 heterocycles. The van der Waals surface area contributed by atoms with Gasteiger partial charge in [0.25, 0.3) is 0 Å². The maximum absolute atomic E-state index is 11.3. The monoisotopic (exact) mass is 378 g/mol. The molecule has 0 radical (unpaired) electrons. The van der Waals surface area contributed by atoms with Crippen molar-refractivity contribution in [1.82, 2.24) is 4.98 Å². The zero-order chi connectivity index (χ0) is 18.9. The number of pyridine rings is 1. The molecule has 1 saturated heterocycles. The number of anilines is 2. The van der Waals surface area contributed by atoms with Crippen LogP contribution >= 0.6 is 11.6 Å². The fourth-order valence-corrected chi connectivity index (χ4v) is 2.59. The Balaban J connectivity index is 0.000000290. The SMILES string of the molecule is NCC(=O)Nc1cccc(-c2cc(N)ncc2Cl)c1.OC1CCCOC1. The first-order valence-corrected chi connectivity index (χ1v) is 8.64. The Hall–Kier alpha value is -2.19. The van der Waals surface area contributed by atoms with E-state index >= 15 is 0 Å². The summed E-state index contributed by atoms with van der Waals surface area (Å²) in [4.78, 5) is 15.2. The predicted molar refractivity (Wildman–Crippen MR) is 103 cm³/mol. The summed E-state index contributed by atoms with van der Waals surface area (Å²) in [5.41, 5.74) is 13.2. The number of amides is 1. The van der Waals surface area contributed by atoms with Gasteiger partial charge in [-0.3, -0.25) is 4.79 Å². The van der Waals surface area contributed by atoms with Crippen LogP contribution in [0.3, 0.4) is 0 Å². The van der Waals surface area contributed by atoms with Crippen molar-refractivity contribution in [2.45, 2.75) is 18.9 Å². The first-order valence-electron chi connectivity index (χ1n) is 8.26. The van der Waals surface area contributed by atoms with Crippen molar-refractivity contribution in [2.75, 3.05) is 30.8 Å². The second kappa shape index (κ2) is 10.1. The smallest absolute Gasteiger partial charge is 0.238 e. The number of nitrogen functional groups attached to an aromatic ring is 1. The van der Waals surface area contributed by atoms with E-state index in [9.17, 15) is 4.79 Å². The van der Waals surface area contributed by atoms with Crippen LogP contribution < -0.4 is 16.8 Å². The van der Waals surface area contributed by atoms with Gasteiger partial charge < -0.3 is 26.6 Å². The van der Waals surface area contributed by atoms with Crippen molar-refractivity contribution < 1.29 is 14.6 Å². The van der Waals surface area contributed by atoms with Crippen molar-refractivity contribution in [3.63, 3.8) is 0 Å². The molecule has 1 atom stereocenters. The Bertz CT molecular complexity index is 736. The molecule has 8 heteroatoms. The highest BCUT2D eigenvalue weighted by atomic mass is 35.5. The largest absolute Gasteiger partial charge is 0.391 e. The fraction of sp³-hybridized carbons (Fsp3) is 0.333. The number of aliphatic hydroxyl groups excluding tert-OH is 1. The van der Waals surface area contributed by atoms with Crippen molar-refractivity contribution in [3.05, 3.63) is 41.6 Å². The van der Waals surface area contributed by atoms with Gasteiger partial charge in [0.2, 0.25) is 5.91 Å². The van der Waals surface area contributed by atoms with Gasteiger partial charge in [-0.15, -0.1) is 0 Å². The Morgan fingerprint density at radius 2 is 2.23 bits per heavy atom. The van der Waals surface area contributed by atoms with Gasteiger partial charge in [-0.05, 0) is 36.6 Å². The molecule has 1 aliphatic heterocycles. The number of nitrogens with zero attached hydrogens (tertiary/aromatic N) is 1. The van der Waals surface area contributed by atoms with Crippen LogP contribution in [0.5, 0.6) is 0 Å². The van der Waals surface area contributed by atoms with Gasteiger partial charge >= 0.3 is 0 Å². The molecular formula is C18H23ClN4O3. The van der Waals surface area contributed by atoms with Gasteiger partial charge in [-0.2, -0.15) is 0 Å². The highest BCUT2D eigenvalue weighted by Crippen LogP contribution is 2.30. The maximum Gasteiger partial charge on any atom is 0.238 e. The third-order valence-corrected chi connectivity index (χ3v) is 3.96. The van der Waals surface area contributed by atoms with Crippen molar-refractivity contribution in [2.24, 2.45) is 5.73 Å². The summed E-state index contributed by atoms with van der Waals surface area (Å²) in [6, 6.07) is 8.95. The summed E-state index contributed by atoms with van der Waals surface area (Å²) in [6.07, 6.45) is 3.24. The van der Waals surface area contributed by atoms with Crippen LogP contribution in [0.1, 0.15) is 12.8 Å². The number of carbonyl (C=O) groups is 1. The van der Waals surface area contributed by atoms with E-state index in [1.165, 1.54) is 6.20 Å². The normalized spacial score (nSPS) is 16.3. The number of aromatic nitrogens is 1. The number of benzene rings is 1. The molecule has 1 aliphatic rings. The fourth-order valence-electron chi connectivity index (χ4n) is 2.38. The molecule has 2 aromatic rings. The molecule has 1 unspecified atom stereocenters. The summed E-state index contributed by atoms with van der Waals surface area (Å²) in [7, 11) is 0. The number of hydrogen-bond acceptors (Lipinski definition) is 6. The zero-order valence-electron chi connectivity index (χ0n) is 14.3. The molecule has 3 rings (SSSR count). The zero-order valence-corrected chi connectivity index (χ0v) is 15.1. The van der Waals surface area contributed by atoms with Gasteiger partial charge in [0.1, 0.15) is 5.82 Å². The molecule has 26 heavy (non-hydrogen) atoms. The molecule has 1 amide bonds. The molecule has 0 aliphatic carbocycles. The minimum absolute atomic E-state index is 0.0623. The lowest BCUT2D eigenvalue weighted by atomic mass is 10.1. The van der Waals surface area contributed by atoms with Crippen LogP contribution in [-0.2, 0) is 9.53 Å². The van der Waals surface area contributed by atoms with Crippen LogP contribution in [0, 0.1) is 0 Å². The van der Waals surface area contributed by atoms with Crippen LogP contribution in [0.25, 0.3) is 11.1 Å². The van der Waals surface area contributed by atoms with Crippen molar-refractivity contribution in [1.29, 1.82) is 0 Å². The van der Waals surface area contributed by atoms with Gasteiger partial charge in [-0.25, -0.2) is 4.98 Å². The first-order chi connectivity index (χ1) is 12.5. The van der Waals surface area contributed by atoms with E-state index in [1.54, 1.807) is 18.2 Å². The van der Waals surface area contributed by atoms with E-state index < -0.39 is 0 Å². The summed E-state index contributed by atoms with van der Waals surface area (Å²) >= 11 is 6.09.